The van der Waals surface area contributed by atoms with Crippen molar-refractivity contribution in [3.63, 3.8) is 0 Å². The Morgan fingerprint density at radius 2 is 1.36 bits per heavy atom. The smallest absolute Gasteiger partial charge is 0.408 e. The molecule has 0 bridgehead atoms. The minimum Gasteiger partial charge on any atom is -0.497 e. The Bertz CT molecular complexity index is 1710. The molecule has 0 saturated heterocycles. The number of nitrogens with one attached hydrogen (secondary N) is 4. The summed E-state index contributed by atoms with van der Waals surface area (Å²) in [6, 6.07) is 7.96. The number of ether oxygens (including phenoxy) is 5. The molecule has 0 spiro atoms. The van der Waals surface area contributed by atoms with Gasteiger partial charge < -0.3 is 45.0 Å². The fourth-order valence-electron chi connectivity index (χ4n) is 5.82. The molecule has 0 unspecified atom stereocenters. The van der Waals surface area contributed by atoms with Gasteiger partial charge in [-0.3, -0.25) is 14.4 Å². The Labute approximate surface area is 359 Å². The average molecular weight is 863 g/mol. The fourth-order valence-corrected chi connectivity index (χ4v) is 5.82. The zero-order valence-electron chi connectivity index (χ0n) is 37.6. The molecule has 0 aliphatic carbocycles. The zero-order chi connectivity index (χ0) is 45.8. The van der Waals surface area contributed by atoms with Crippen LogP contribution in [0.3, 0.4) is 0 Å². The maximum Gasteiger partial charge on any atom is 0.408 e. The van der Waals surface area contributed by atoms with Gasteiger partial charge in [-0.05, 0) is 101 Å². The van der Waals surface area contributed by atoms with Gasteiger partial charge in [0.25, 0.3) is 5.91 Å². The lowest BCUT2D eigenvalue weighted by Crippen LogP contribution is -2.56. The fraction of sp³-hybridized carbons (Fsp3) is 0.622. The number of carbonyl (C=O) groups is 5. The molecule has 61 heavy (non-hydrogen) atoms. The third kappa shape index (κ3) is 22.4. The Morgan fingerprint density at radius 1 is 0.754 bits per heavy atom. The summed E-state index contributed by atoms with van der Waals surface area (Å²) < 4.78 is 56.3. The largest absolute Gasteiger partial charge is 0.497 e. The van der Waals surface area contributed by atoms with Crippen LogP contribution >= 0.6 is 0 Å². The molecule has 14 nitrogen and oxygen atoms in total. The number of carbonyl (C=O) groups excluding carboxylic acids is 5. The number of unbranched alkanes of at least 4 members (excludes halogenated alkanes) is 4. The maximum atomic E-state index is 14.6. The predicted molar refractivity (Wildman–Crippen MR) is 227 cm³/mol. The Kier molecular flexibility index (Phi) is 21.4. The van der Waals surface area contributed by atoms with Gasteiger partial charge in [-0.15, -0.1) is 0 Å². The van der Waals surface area contributed by atoms with Crippen LogP contribution in [0, 0.1) is 17.0 Å². The molecule has 0 aromatic heterocycles. The lowest BCUT2D eigenvalue weighted by Gasteiger charge is -2.30. The second-order valence-electron chi connectivity index (χ2n) is 17.8. The number of hydrogen-bond acceptors (Lipinski definition) is 10. The number of benzene rings is 2. The summed E-state index contributed by atoms with van der Waals surface area (Å²) in [5.74, 6) is -2.57. The highest BCUT2D eigenvalue weighted by molar-refractivity contribution is 5.85. The summed E-state index contributed by atoms with van der Waals surface area (Å²) in [5, 5.41) is 10.9. The summed E-state index contributed by atoms with van der Waals surface area (Å²) in [6.07, 6.45) is 0.740. The molecule has 0 aliphatic heterocycles. The maximum absolute atomic E-state index is 14.6. The van der Waals surface area contributed by atoms with E-state index in [1.807, 2.05) is 0 Å². The number of alkyl carbamates (subject to hydrolysis) is 2. The SMILES string of the molecule is CCCCCCCC(=O)O[C@H](C(=O)NCC(C)(C)CNC(=O)C[C@@H](Cc1cc(F)ccc1F)NC(=O)OC(C)(C)C)[C@@H](COCc1ccc(OC)cc1)NC(=O)OC(C)(C)C. The van der Waals surface area contributed by atoms with Crippen LogP contribution in [0.15, 0.2) is 42.5 Å². The number of amides is 4. The van der Waals surface area contributed by atoms with Crippen LogP contribution in [0.1, 0.15) is 118 Å². The second kappa shape index (κ2) is 25.1. The first-order valence-corrected chi connectivity index (χ1v) is 20.9. The Hall–Kier alpha value is -4.99. The van der Waals surface area contributed by atoms with Crippen LogP contribution in [-0.2, 0) is 46.4 Å². The number of halogens is 2. The van der Waals surface area contributed by atoms with Crippen molar-refractivity contribution in [2.24, 2.45) is 5.41 Å². The van der Waals surface area contributed by atoms with Crippen molar-refractivity contribution in [2.45, 2.75) is 150 Å². The van der Waals surface area contributed by atoms with Crippen LogP contribution in [0.5, 0.6) is 5.75 Å². The number of rotatable bonds is 24. The molecule has 16 heteroatoms. The molecule has 2 aromatic carbocycles. The minimum atomic E-state index is -1.53. The number of esters is 1. The molecule has 2 aromatic rings. The van der Waals surface area contributed by atoms with Crippen LogP contribution in [0.25, 0.3) is 0 Å². The van der Waals surface area contributed by atoms with Crippen molar-refractivity contribution in [3.05, 3.63) is 65.2 Å². The van der Waals surface area contributed by atoms with Gasteiger partial charge in [0.1, 0.15) is 34.6 Å². The molecule has 0 heterocycles. The topological polar surface area (TPSA) is 180 Å². The molecule has 342 valence electrons. The van der Waals surface area contributed by atoms with Crippen LogP contribution in [0.4, 0.5) is 18.4 Å². The van der Waals surface area contributed by atoms with Crippen LogP contribution in [-0.4, -0.2) is 86.2 Å². The molecular formula is C45H68F2N4O10. The first-order valence-electron chi connectivity index (χ1n) is 20.9. The van der Waals surface area contributed by atoms with Gasteiger partial charge in [-0.1, -0.05) is 58.6 Å². The van der Waals surface area contributed by atoms with Crippen LogP contribution < -0.4 is 26.0 Å². The third-order valence-electron chi connectivity index (χ3n) is 8.93. The average Bonchev–Trinajstić information content (AvgIpc) is 3.15. The van der Waals surface area contributed by atoms with Gasteiger partial charge >= 0.3 is 18.2 Å². The summed E-state index contributed by atoms with van der Waals surface area (Å²) in [5.41, 5.74) is -1.76. The molecular weight excluding hydrogens is 795 g/mol. The van der Waals surface area contributed by atoms with Gasteiger partial charge in [0.15, 0.2) is 0 Å². The van der Waals surface area contributed by atoms with E-state index >= 15 is 0 Å². The number of methoxy groups -OCH3 is 1. The lowest BCUT2D eigenvalue weighted by atomic mass is 9.93. The van der Waals surface area contributed by atoms with Crippen molar-refractivity contribution in [2.75, 3.05) is 26.8 Å². The molecule has 2 rings (SSSR count). The summed E-state index contributed by atoms with van der Waals surface area (Å²) >= 11 is 0. The van der Waals surface area contributed by atoms with Crippen molar-refractivity contribution < 1.29 is 56.4 Å². The molecule has 0 fully saturated rings. The van der Waals surface area contributed by atoms with E-state index in [1.54, 1.807) is 86.8 Å². The minimum absolute atomic E-state index is 0.0167. The molecule has 4 amide bonds. The normalized spacial score (nSPS) is 13.2. The monoisotopic (exact) mass is 862 g/mol. The van der Waals surface area contributed by atoms with Crippen molar-refractivity contribution in [1.82, 2.24) is 21.3 Å². The number of hydrogen-bond donors (Lipinski definition) is 4. The Morgan fingerprint density at radius 3 is 1.97 bits per heavy atom. The first kappa shape index (κ1) is 52.1. The van der Waals surface area contributed by atoms with E-state index in [9.17, 15) is 32.8 Å². The van der Waals surface area contributed by atoms with E-state index in [0.29, 0.717) is 12.2 Å². The third-order valence-corrected chi connectivity index (χ3v) is 8.93. The van der Waals surface area contributed by atoms with E-state index in [0.717, 1.165) is 49.4 Å². The van der Waals surface area contributed by atoms with Gasteiger partial charge in [-0.25, -0.2) is 18.4 Å². The van der Waals surface area contributed by atoms with E-state index in [2.05, 4.69) is 28.2 Å². The zero-order valence-corrected chi connectivity index (χ0v) is 37.6. The van der Waals surface area contributed by atoms with Crippen molar-refractivity contribution >= 4 is 30.0 Å². The molecule has 0 saturated carbocycles. The van der Waals surface area contributed by atoms with E-state index in [1.165, 1.54) is 0 Å². The molecule has 0 aliphatic rings. The summed E-state index contributed by atoms with van der Waals surface area (Å²) in [7, 11) is 1.56. The highest BCUT2D eigenvalue weighted by Gasteiger charge is 2.36. The molecule has 0 radical (unpaired) electrons. The van der Waals surface area contributed by atoms with E-state index in [-0.39, 0.29) is 51.1 Å². The highest BCUT2D eigenvalue weighted by Crippen LogP contribution is 2.18. The van der Waals surface area contributed by atoms with E-state index in [4.69, 9.17) is 23.7 Å². The lowest BCUT2D eigenvalue weighted by molar-refractivity contribution is -0.159. The Balaban J connectivity index is 2.23. The molecule has 4 N–H and O–H groups in total. The summed E-state index contributed by atoms with van der Waals surface area (Å²) in [4.78, 5) is 66.2. The van der Waals surface area contributed by atoms with Gasteiger partial charge in [-0.2, -0.15) is 0 Å². The molecule has 3 atom stereocenters. The predicted octanol–water partition coefficient (Wildman–Crippen LogP) is 7.44. The van der Waals surface area contributed by atoms with Crippen molar-refractivity contribution in [3.8, 4) is 5.75 Å². The van der Waals surface area contributed by atoms with Gasteiger partial charge in [0.2, 0.25) is 12.0 Å². The standard InChI is InChI=1S/C45H68F2N4O10/c1-11-12-13-14-15-16-38(53)59-39(36(51-42(56)61-44(5,6)7)27-58-26-30-17-20-34(57-10)21-18-30)40(54)49-29-45(8,9)28-48-37(52)25-33(50-41(55)60-43(2,3)4)24-31-23-32(46)19-22-35(31)47/h17-23,33,36,39H,11-16,24-29H2,1-10H3,(H,48,52)(H,49,54)(H,50,55)(H,51,56)/t33-,36-,39+/m1/s1. The first-order chi connectivity index (χ1) is 28.5. The van der Waals surface area contributed by atoms with Gasteiger partial charge in [0, 0.05) is 32.0 Å². The van der Waals surface area contributed by atoms with E-state index < -0.39 is 76.4 Å². The summed E-state index contributed by atoms with van der Waals surface area (Å²) in [6.45, 7) is 15.6. The second-order valence-corrected chi connectivity index (χ2v) is 17.8. The van der Waals surface area contributed by atoms with Gasteiger partial charge in [0.05, 0.1) is 20.3 Å². The van der Waals surface area contributed by atoms with Crippen LogP contribution in [0.2, 0.25) is 0 Å². The van der Waals surface area contributed by atoms with Crippen molar-refractivity contribution in [1.29, 1.82) is 0 Å². The highest BCUT2D eigenvalue weighted by atomic mass is 19.1. The quantitative estimate of drug-likeness (QED) is 0.0471.